The Labute approximate surface area is 124 Å². The van der Waals surface area contributed by atoms with E-state index in [1.54, 1.807) is 6.08 Å². The van der Waals surface area contributed by atoms with Crippen molar-refractivity contribution in [1.82, 2.24) is 10.2 Å². The van der Waals surface area contributed by atoms with Crippen molar-refractivity contribution in [3.05, 3.63) is 23.8 Å². The molecule has 6 heteroatoms. The molecule has 21 heavy (non-hydrogen) atoms. The number of carbonyl (C=O) groups excluding carboxylic acids is 2. The quantitative estimate of drug-likeness (QED) is 0.509. The lowest BCUT2D eigenvalue weighted by Crippen LogP contribution is -2.39. The first-order valence-electron chi connectivity index (χ1n) is 6.98. The highest BCUT2D eigenvalue weighted by Crippen LogP contribution is 2.13. The van der Waals surface area contributed by atoms with Crippen molar-refractivity contribution in [3.63, 3.8) is 0 Å². The summed E-state index contributed by atoms with van der Waals surface area (Å²) in [5, 5.41) is 11.4. The third-order valence-corrected chi connectivity index (χ3v) is 3.27. The van der Waals surface area contributed by atoms with E-state index in [-0.39, 0.29) is 5.91 Å². The van der Waals surface area contributed by atoms with Crippen molar-refractivity contribution >= 4 is 18.2 Å². The minimum Gasteiger partial charge on any atom is -0.480 e. The van der Waals surface area contributed by atoms with Gasteiger partial charge in [-0.2, -0.15) is 0 Å². The molecule has 0 radical (unpaired) electrons. The zero-order valence-electron chi connectivity index (χ0n) is 12.3. The zero-order chi connectivity index (χ0) is 15.8. The molecule has 1 aliphatic heterocycles. The first-order valence-corrected chi connectivity index (χ1v) is 6.98. The van der Waals surface area contributed by atoms with Crippen LogP contribution in [0, 0.1) is 0 Å². The number of hydrogen-bond acceptors (Lipinski definition) is 4. The summed E-state index contributed by atoms with van der Waals surface area (Å²) in [6.07, 6.45) is 4.55. The second-order valence-corrected chi connectivity index (χ2v) is 5.29. The van der Waals surface area contributed by atoms with Crippen molar-refractivity contribution in [2.45, 2.75) is 32.2 Å². The van der Waals surface area contributed by atoms with Crippen molar-refractivity contribution < 1.29 is 19.5 Å². The normalized spacial score (nSPS) is 17.0. The van der Waals surface area contributed by atoms with Crippen LogP contribution < -0.4 is 5.32 Å². The number of carboxylic acids is 1. The van der Waals surface area contributed by atoms with Gasteiger partial charge >= 0.3 is 5.97 Å². The standard InChI is InChI=1S/C15H22N2O4/c1-11-7-13(10-18)9-17(8-11)6-4-3-5-14(15(20)21)16-12(2)19/h7,10,14H,1,3-6,8-9H2,2H3,(H,16,19)(H,20,21)/t14-/m0/s1. The summed E-state index contributed by atoms with van der Waals surface area (Å²) in [5.74, 6) is -1.35. The maximum atomic E-state index is 11.0. The monoisotopic (exact) mass is 294 g/mol. The number of aliphatic carboxylic acids is 1. The van der Waals surface area contributed by atoms with E-state index in [0.29, 0.717) is 25.0 Å². The molecule has 1 heterocycles. The molecular weight excluding hydrogens is 272 g/mol. The second kappa shape index (κ2) is 8.36. The minimum atomic E-state index is -1.01. The van der Waals surface area contributed by atoms with Crippen molar-refractivity contribution in [1.29, 1.82) is 0 Å². The molecule has 1 amide bonds. The maximum Gasteiger partial charge on any atom is 0.326 e. The van der Waals surface area contributed by atoms with Crippen molar-refractivity contribution in [3.8, 4) is 0 Å². The molecular formula is C15H22N2O4. The smallest absolute Gasteiger partial charge is 0.326 e. The summed E-state index contributed by atoms with van der Waals surface area (Å²) in [6, 6.07) is -0.829. The second-order valence-electron chi connectivity index (χ2n) is 5.29. The van der Waals surface area contributed by atoms with Gasteiger partial charge in [0.15, 0.2) is 0 Å². The number of nitrogens with one attached hydrogen (secondary N) is 1. The number of amides is 1. The van der Waals surface area contributed by atoms with Crippen LogP contribution in [0.5, 0.6) is 0 Å². The molecule has 0 saturated carbocycles. The van der Waals surface area contributed by atoms with Crippen LogP contribution in [0.3, 0.4) is 0 Å². The van der Waals surface area contributed by atoms with Crippen molar-refractivity contribution in [2.75, 3.05) is 19.6 Å². The summed E-state index contributed by atoms with van der Waals surface area (Å²) < 4.78 is 0. The van der Waals surface area contributed by atoms with E-state index in [1.165, 1.54) is 6.92 Å². The molecule has 0 aromatic carbocycles. The first kappa shape index (κ1) is 17.1. The molecule has 0 saturated heterocycles. The number of rotatable bonds is 8. The maximum absolute atomic E-state index is 11.0. The zero-order valence-corrected chi connectivity index (χ0v) is 12.3. The Bertz CT molecular complexity index is 457. The lowest BCUT2D eigenvalue weighted by atomic mass is 10.1. The van der Waals surface area contributed by atoms with E-state index in [4.69, 9.17) is 5.11 Å². The molecule has 6 nitrogen and oxygen atoms in total. The topological polar surface area (TPSA) is 86.7 Å². The Morgan fingerprint density at radius 1 is 1.48 bits per heavy atom. The Hall–Kier alpha value is -1.95. The van der Waals surface area contributed by atoms with E-state index < -0.39 is 12.0 Å². The molecule has 0 aromatic rings. The summed E-state index contributed by atoms with van der Waals surface area (Å²) in [5.41, 5.74) is 1.62. The fourth-order valence-electron chi connectivity index (χ4n) is 2.37. The Kier molecular flexibility index (Phi) is 6.81. The van der Waals surface area contributed by atoms with Crippen LogP contribution in [-0.4, -0.2) is 53.8 Å². The number of carboxylic acid groups (broad SMARTS) is 1. The molecule has 1 atom stereocenters. The van der Waals surface area contributed by atoms with Crippen LogP contribution in [-0.2, 0) is 14.4 Å². The van der Waals surface area contributed by atoms with Gasteiger partial charge in [-0.15, -0.1) is 0 Å². The molecule has 0 spiro atoms. The Balaban J connectivity index is 2.32. The van der Waals surface area contributed by atoms with Gasteiger partial charge in [-0.05, 0) is 31.4 Å². The van der Waals surface area contributed by atoms with Crippen molar-refractivity contribution in [2.24, 2.45) is 0 Å². The highest BCUT2D eigenvalue weighted by Gasteiger charge is 2.18. The van der Waals surface area contributed by atoms with E-state index in [9.17, 15) is 14.4 Å². The van der Waals surface area contributed by atoms with Crippen LogP contribution in [0.4, 0.5) is 0 Å². The number of aldehydes is 1. The van der Waals surface area contributed by atoms with Crippen LogP contribution in [0.15, 0.2) is 23.8 Å². The predicted molar refractivity (Wildman–Crippen MR) is 78.8 cm³/mol. The first-order chi connectivity index (χ1) is 9.92. The summed E-state index contributed by atoms with van der Waals surface area (Å²) in [4.78, 5) is 34.8. The van der Waals surface area contributed by atoms with Crippen LogP contribution in [0.25, 0.3) is 0 Å². The molecule has 0 unspecified atom stereocenters. The molecule has 1 aliphatic rings. The van der Waals surface area contributed by atoms with Gasteiger partial charge in [-0.3, -0.25) is 14.5 Å². The van der Waals surface area contributed by atoms with E-state index in [2.05, 4.69) is 16.8 Å². The SMILES string of the molecule is C=C1C=C(C=O)CN(CCCC[C@H](NC(C)=O)C(=O)O)C1. The third kappa shape index (κ3) is 6.35. The highest BCUT2D eigenvalue weighted by atomic mass is 16.4. The lowest BCUT2D eigenvalue weighted by Gasteiger charge is -2.26. The van der Waals surface area contributed by atoms with Gasteiger partial charge < -0.3 is 10.4 Å². The van der Waals surface area contributed by atoms with Gasteiger partial charge in [-0.25, -0.2) is 4.79 Å². The molecule has 0 fully saturated rings. The molecule has 0 bridgehead atoms. The largest absolute Gasteiger partial charge is 0.480 e. The van der Waals surface area contributed by atoms with Gasteiger partial charge in [0.1, 0.15) is 12.3 Å². The summed E-state index contributed by atoms with van der Waals surface area (Å²) in [6.45, 7) is 7.29. The molecule has 1 rings (SSSR count). The van der Waals surface area contributed by atoms with Crippen LogP contribution in [0.1, 0.15) is 26.2 Å². The summed E-state index contributed by atoms with van der Waals surface area (Å²) >= 11 is 0. The van der Waals surface area contributed by atoms with Gasteiger partial charge in [0.25, 0.3) is 0 Å². The fraction of sp³-hybridized carbons (Fsp3) is 0.533. The average molecular weight is 294 g/mol. The number of nitrogens with zero attached hydrogens (tertiary/aromatic N) is 1. The summed E-state index contributed by atoms with van der Waals surface area (Å²) in [7, 11) is 0. The minimum absolute atomic E-state index is 0.338. The van der Waals surface area contributed by atoms with E-state index >= 15 is 0 Å². The van der Waals surface area contributed by atoms with Gasteiger partial charge in [0.05, 0.1) is 0 Å². The highest BCUT2D eigenvalue weighted by molar-refractivity contribution is 5.81. The number of carbonyl (C=O) groups is 3. The van der Waals surface area contributed by atoms with Crippen LogP contribution in [0.2, 0.25) is 0 Å². The third-order valence-electron chi connectivity index (χ3n) is 3.27. The molecule has 116 valence electrons. The Morgan fingerprint density at radius 2 is 2.19 bits per heavy atom. The average Bonchev–Trinajstić information content (AvgIpc) is 2.40. The van der Waals surface area contributed by atoms with Gasteiger partial charge in [0, 0.05) is 25.6 Å². The van der Waals surface area contributed by atoms with E-state index in [1.807, 2.05) is 0 Å². The lowest BCUT2D eigenvalue weighted by molar-refractivity contribution is -0.141. The van der Waals surface area contributed by atoms with Gasteiger partial charge in [0.2, 0.25) is 5.91 Å². The number of hydrogen-bond donors (Lipinski definition) is 2. The fourth-order valence-corrected chi connectivity index (χ4v) is 2.37. The predicted octanol–water partition coefficient (Wildman–Crippen LogP) is 0.743. The van der Waals surface area contributed by atoms with Crippen LogP contribution >= 0.6 is 0 Å². The number of unbranched alkanes of at least 4 members (excludes halogenated alkanes) is 1. The molecule has 0 aliphatic carbocycles. The molecule has 2 N–H and O–H groups in total. The Morgan fingerprint density at radius 3 is 2.76 bits per heavy atom. The molecule has 0 aromatic heterocycles. The van der Waals surface area contributed by atoms with Gasteiger partial charge in [-0.1, -0.05) is 12.7 Å². The van der Waals surface area contributed by atoms with E-state index in [0.717, 1.165) is 31.4 Å².